The molecule has 2 aliphatic heterocycles. The van der Waals surface area contributed by atoms with Crippen molar-refractivity contribution in [2.45, 2.75) is 38.7 Å². The molecular weight excluding hydrogens is 477 g/mol. The van der Waals surface area contributed by atoms with Crippen LogP contribution in [0.5, 0.6) is 17.2 Å². The van der Waals surface area contributed by atoms with Crippen LogP contribution in [-0.2, 0) is 6.42 Å². The van der Waals surface area contributed by atoms with Gasteiger partial charge in [-0.3, -0.25) is 9.29 Å². The zero-order chi connectivity index (χ0) is 26.1. The number of phenolic OH excluding ortho intramolecular Hbond substituents is 1. The van der Waals surface area contributed by atoms with Crippen molar-refractivity contribution in [3.05, 3.63) is 94.1 Å². The summed E-state index contributed by atoms with van der Waals surface area (Å²) in [4.78, 5) is 2.28. The molecule has 4 nitrogen and oxygen atoms in total. The molecule has 0 unspecified atom stereocenters. The van der Waals surface area contributed by atoms with Crippen molar-refractivity contribution in [2.24, 2.45) is 0 Å². The zero-order valence-corrected chi connectivity index (χ0v) is 21.9. The number of hydrogen-bond donors (Lipinski definition) is 1. The maximum Gasteiger partial charge on any atom is 0.130 e. The average Bonchev–Trinajstić information content (AvgIpc) is 3.54. The smallest absolute Gasteiger partial charge is 0.130 e. The first kappa shape index (κ1) is 24.7. The third-order valence-corrected chi connectivity index (χ3v) is 7.89. The van der Waals surface area contributed by atoms with Crippen LogP contribution in [0.25, 0.3) is 17.2 Å². The van der Waals surface area contributed by atoms with Crippen LogP contribution < -0.4 is 9.47 Å². The van der Waals surface area contributed by atoms with Crippen LogP contribution in [0.4, 0.5) is 4.39 Å². The number of nitrogens with zero attached hydrogens (tertiary/aromatic N) is 1. The van der Waals surface area contributed by atoms with Gasteiger partial charge < -0.3 is 14.6 Å². The lowest BCUT2D eigenvalue weighted by molar-refractivity contribution is 0.198. The number of rotatable bonds is 7. The van der Waals surface area contributed by atoms with Crippen LogP contribution in [-0.4, -0.2) is 49.0 Å². The van der Waals surface area contributed by atoms with Gasteiger partial charge in [0.15, 0.2) is 0 Å². The van der Waals surface area contributed by atoms with Crippen LogP contribution in [0, 0.1) is 6.92 Å². The number of benzene rings is 3. The number of fused-ring (bicyclic) bond motifs is 2. The van der Waals surface area contributed by atoms with Crippen molar-refractivity contribution < 1.29 is 19.0 Å². The molecule has 5 heteroatoms. The molecule has 1 fully saturated rings. The highest BCUT2D eigenvalue weighted by atomic mass is 19.1. The van der Waals surface area contributed by atoms with E-state index in [-0.39, 0.29) is 18.5 Å². The van der Waals surface area contributed by atoms with Gasteiger partial charge in [0.1, 0.15) is 23.4 Å². The predicted molar refractivity (Wildman–Crippen MR) is 151 cm³/mol. The highest BCUT2D eigenvalue weighted by Crippen LogP contribution is 2.44. The minimum Gasteiger partial charge on any atom is -0.508 e. The molecule has 196 valence electrons. The molecule has 3 aliphatic rings. The van der Waals surface area contributed by atoms with E-state index in [1.54, 1.807) is 6.07 Å². The lowest BCUT2D eigenvalue weighted by Gasteiger charge is -2.19. The molecule has 0 saturated carbocycles. The Balaban J connectivity index is 1.36. The van der Waals surface area contributed by atoms with Crippen LogP contribution in [0.15, 0.2) is 60.7 Å². The number of hydrogen-bond acceptors (Lipinski definition) is 4. The molecule has 1 N–H and O–H groups in total. The van der Waals surface area contributed by atoms with Gasteiger partial charge in [-0.25, -0.2) is 0 Å². The van der Waals surface area contributed by atoms with Gasteiger partial charge in [0, 0.05) is 37.7 Å². The first-order valence-electron chi connectivity index (χ1n) is 13.6. The molecular formula is C33H34FNO3. The quantitative estimate of drug-likeness (QED) is 0.378. The van der Waals surface area contributed by atoms with Crippen molar-refractivity contribution >= 4 is 17.2 Å². The summed E-state index contributed by atoms with van der Waals surface area (Å²) in [5, 5.41) is 10.4. The molecule has 3 aromatic carbocycles. The van der Waals surface area contributed by atoms with Crippen molar-refractivity contribution in [3.63, 3.8) is 0 Å². The summed E-state index contributed by atoms with van der Waals surface area (Å²) in [5.41, 5.74) is 9.13. The Morgan fingerprint density at radius 1 is 1.08 bits per heavy atom. The summed E-state index contributed by atoms with van der Waals surface area (Å²) in [6, 6.07) is 18.9. The van der Waals surface area contributed by atoms with Gasteiger partial charge in [-0.05, 0) is 89.4 Å². The fourth-order valence-corrected chi connectivity index (χ4v) is 5.87. The van der Waals surface area contributed by atoms with Crippen LogP contribution >= 0.6 is 0 Å². The van der Waals surface area contributed by atoms with Gasteiger partial charge in [0.25, 0.3) is 0 Å². The van der Waals surface area contributed by atoms with E-state index in [2.05, 4.69) is 47.4 Å². The van der Waals surface area contributed by atoms with Crippen LogP contribution in [0.1, 0.15) is 52.6 Å². The Hall–Kier alpha value is -3.57. The predicted octanol–water partition coefficient (Wildman–Crippen LogP) is 6.82. The van der Waals surface area contributed by atoms with E-state index in [1.165, 1.54) is 22.3 Å². The second kappa shape index (κ2) is 10.7. The molecule has 0 bridgehead atoms. The molecule has 3 aromatic rings. The Morgan fingerprint density at radius 2 is 1.92 bits per heavy atom. The van der Waals surface area contributed by atoms with E-state index in [1.807, 2.05) is 25.1 Å². The first-order chi connectivity index (χ1) is 18.6. The lowest BCUT2D eigenvalue weighted by atomic mass is 9.86. The minimum atomic E-state index is -0.267. The maximum atomic E-state index is 12.6. The molecule has 1 atom stereocenters. The van der Waals surface area contributed by atoms with E-state index in [0.717, 1.165) is 66.9 Å². The first-order valence-corrected chi connectivity index (χ1v) is 13.6. The minimum absolute atomic E-state index is 0.132. The van der Waals surface area contributed by atoms with Crippen molar-refractivity contribution in [1.29, 1.82) is 0 Å². The SMILES string of the molecule is Cc1cc2c(cc1O)OCCC(c1ccc3c(c1)C=CC3)=C2c1ccc(O[C@H]2CCN(CCCF)C2)cc1. The standard InChI is InChI=1S/C33H34FNO3/c1-22-18-30-32(20-31(22)36)37-17-13-29(26-7-6-23-4-2-5-25(23)19-26)33(30)24-8-10-27(11-9-24)38-28-12-16-35(21-28)15-3-14-34/h2,5-11,18-20,28,36H,3-4,12-17,21H2,1H3/t28-/m0/s1. The molecule has 6 rings (SSSR count). The van der Waals surface area contributed by atoms with Crippen molar-refractivity contribution in [3.8, 4) is 17.2 Å². The Bertz CT molecular complexity index is 1390. The molecule has 0 spiro atoms. The second-order valence-corrected chi connectivity index (χ2v) is 10.5. The molecule has 0 aromatic heterocycles. The zero-order valence-electron chi connectivity index (χ0n) is 21.9. The largest absolute Gasteiger partial charge is 0.508 e. The average molecular weight is 512 g/mol. The van der Waals surface area contributed by atoms with Gasteiger partial charge >= 0.3 is 0 Å². The lowest BCUT2D eigenvalue weighted by Crippen LogP contribution is -2.26. The highest BCUT2D eigenvalue weighted by molar-refractivity contribution is 6.01. The summed E-state index contributed by atoms with van der Waals surface area (Å²) in [5.74, 6) is 1.80. The third-order valence-electron chi connectivity index (χ3n) is 7.89. The number of likely N-dealkylation sites (tertiary alicyclic amines) is 1. The number of allylic oxidation sites excluding steroid dienone is 1. The topological polar surface area (TPSA) is 41.9 Å². The Kier molecular flexibility index (Phi) is 6.94. The van der Waals surface area contributed by atoms with Gasteiger partial charge in [0.2, 0.25) is 0 Å². The van der Waals surface area contributed by atoms with Gasteiger partial charge in [-0.2, -0.15) is 0 Å². The normalized spacial score (nSPS) is 18.7. The van der Waals surface area contributed by atoms with E-state index in [0.29, 0.717) is 18.8 Å². The fraction of sp³-hybridized carbons (Fsp3) is 0.333. The van der Waals surface area contributed by atoms with E-state index >= 15 is 0 Å². The molecule has 1 saturated heterocycles. The van der Waals surface area contributed by atoms with Gasteiger partial charge in [0.05, 0.1) is 13.3 Å². The maximum absolute atomic E-state index is 12.6. The number of phenols is 1. The summed E-state index contributed by atoms with van der Waals surface area (Å²) in [7, 11) is 0. The summed E-state index contributed by atoms with van der Waals surface area (Å²) in [6.07, 6.45) is 7.85. The number of aromatic hydroxyl groups is 1. The van der Waals surface area contributed by atoms with Gasteiger partial charge in [-0.15, -0.1) is 0 Å². The molecule has 2 heterocycles. The highest BCUT2D eigenvalue weighted by Gasteiger charge is 2.25. The molecule has 0 radical (unpaired) electrons. The van der Waals surface area contributed by atoms with E-state index in [4.69, 9.17) is 9.47 Å². The van der Waals surface area contributed by atoms with Crippen LogP contribution in [0.3, 0.4) is 0 Å². The Labute approximate surface area is 224 Å². The summed E-state index contributed by atoms with van der Waals surface area (Å²) < 4.78 is 25.0. The Morgan fingerprint density at radius 3 is 2.76 bits per heavy atom. The van der Waals surface area contributed by atoms with Crippen LogP contribution in [0.2, 0.25) is 0 Å². The fourth-order valence-electron chi connectivity index (χ4n) is 5.87. The van der Waals surface area contributed by atoms with Crippen molar-refractivity contribution in [1.82, 2.24) is 4.90 Å². The molecule has 38 heavy (non-hydrogen) atoms. The van der Waals surface area contributed by atoms with E-state index in [9.17, 15) is 9.50 Å². The molecule has 0 amide bonds. The summed E-state index contributed by atoms with van der Waals surface area (Å²) >= 11 is 0. The molecule has 1 aliphatic carbocycles. The van der Waals surface area contributed by atoms with Gasteiger partial charge in [-0.1, -0.05) is 36.4 Å². The third kappa shape index (κ3) is 4.95. The van der Waals surface area contributed by atoms with Crippen molar-refractivity contribution in [2.75, 3.05) is 32.9 Å². The number of halogens is 1. The van der Waals surface area contributed by atoms with E-state index < -0.39 is 0 Å². The number of aryl methyl sites for hydroxylation is 1. The number of alkyl halides is 1. The number of ether oxygens (including phenoxy) is 2. The second-order valence-electron chi connectivity index (χ2n) is 10.5. The monoisotopic (exact) mass is 511 g/mol. The summed E-state index contributed by atoms with van der Waals surface area (Å²) in [6.45, 7) is 4.80.